The van der Waals surface area contributed by atoms with E-state index in [0.717, 1.165) is 16.9 Å². The van der Waals surface area contributed by atoms with E-state index >= 15 is 0 Å². The molecule has 0 saturated heterocycles. The van der Waals surface area contributed by atoms with E-state index in [1.165, 1.54) is 17.3 Å². The van der Waals surface area contributed by atoms with Crippen molar-refractivity contribution in [3.8, 4) is 17.2 Å². The number of anilines is 1. The highest BCUT2D eigenvalue weighted by Gasteiger charge is 2.38. The minimum atomic E-state index is -0.230. The molecule has 6 nitrogen and oxygen atoms in total. The number of ketones is 1. The van der Waals surface area contributed by atoms with Crippen LogP contribution < -0.4 is 9.64 Å². The molecule has 0 fully saturated rings. The van der Waals surface area contributed by atoms with Crippen LogP contribution in [0.2, 0.25) is 0 Å². The summed E-state index contributed by atoms with van der Waals surface area (Å²) in [5.74, 6) is 1.29. The molecular weight excluding hydrogens is 410 g/mol. The van der Waals surface area contributed by atoms with Gasteiger partial charge in [0, 0.05) is 29.9 Å². The van der Waals surface area contributed by atoms with E-state index in [1.807, 2.05) is 50.4 Å². The van der Waals surface area contributed by atoms with Gasteiger partial charge in [-0.05, 0) is 30.7 Å². The monoisotopic (exact) mass is 435 g/mol. The van der Waals surface area contributed by atoms with Crippen LogP contribution >= 0.6 is 11.8 Å². The Bertz CT molecular complexity index is 1140. The van der Waals surface area contributed by atoms with E-state index in [1.54, 1.807) is 6.08 Å². The number of allylic oxidation sites excluding steroid dienone is 2. The van der Waals surface area contributed by atoms with Crippen LogP contribution in [0.15, 0.2) is 69.9 Å². The summed E-state index contributed by atoms with van der Waals surface area (Å²) in [5.41, 5.74) is 3.85. The summed E-state index contributed by atoms with van der Waals surface area (Å²) in [5, 5.41) is 8.56. The van der Waals surface area contributed by atoms with E-state index in [9.17, 15) is 4.79 Å². The van der Waals surface area contributed by atoms with Crippen molar-refractivity contribution in [2.45, 2.75) is 31.4 Å². The normalized spacial score (nSPS) is 15.9. The van der Waals surface area contributed by atoms with Crippen LogP contribution in [0.5, 0.6) is 5.75 Å². The molecule has 0 unspecified atom stereocenters. The summed E-state index contributed by atoms with van der Waals surface area (Å²) >= 11 is 1.24. The SMILES string of the molecule is CCOc1ccccc1-c1nnc(SCC(=O)/C=C2/N(C)c3ccccc3C2(C)C)o1. The van der Waals surface area contributed by atoms with Gasteiger partial charge in [0.05, 0.1) is 17.9 Å². The number of thioether (sulfide) groups is 1. The molecule has 0 saturated carbocycles. The van der Waals surface area contributed by atoms with E-state index in [0.29, 0.717) is 23.5 Å². The second kappa shape index (κ2) is 8.59. The number of likely N-dealkylation sites (N-methyl/N-ethyl adjacent to an activating group) is 1. The fourth-order valence-corrected chi connectivity index (χ4v) is 4.47. The molecule has 4 rings (SSSR count). The zero-order valence-corrected chi connectivity index (χ0v) is 18.9. The standard InChI is InChI=1S/C24H25N3O3S/c1-5-29-20-13-9-6-10-17(20)22-25-26-23(30-22)31-15-16(28)14-21-24(2,3)18-11-7-8-12-19(18)27(21)4/h6-14H,5,15H2,1-4H3/b21-14+. The van der Waals surface area contributed by atoms with Crippen molar-refractivity contribution in [1.82, 2.24) is 10.2 Å². The lowest BCUT2D eigenvalue weighted by Gasteiger charge is -2.23. The van der Waals surface area contributed by atoms with Gasteiger partial charge in [0.15, 0.2) is 5.78 Å². The van der Waals surface area contributed by atoms with Crippen molar-refractivity contribution in [2.75, 3.05) is 24.3 Å². The van der Waals surface area contributed by atoms with Crippen LogP contribution in [-0.2, 0) is 10.2 Å². The number of nitrogens with zero attached hydrogens (tertiary/aromatic N) is 3. The minimum absolute atomic E-state index is 0.00203. The second-order valence-corrected chi connectivity index (χ2v) is 8.71. The Kier molecular flexibility index (Phi) is 5.87. The maximum atomic E-state index is 12.7. The van der Waals surface area contributed by atoms with Gasteiger partial charge < -0.3 is 14.1 Å². The number of carbonyl (C=O) groups excluding carboxylic acids is 1. The van der Waals surface area contributed by atoms with Crippen LogP contribution in [0.3, 0.4) is 0 Å². The topological polar surface area (TPSA) is 68.5 Å². The molecule has 2 heterocycles. The van der Waals surface area contributed by atoms with Crippen LogP contribution in [0.25, 0.3) is 11.5 Å². The van der Waals surface area contributed by atoms with Crippen LogP contribution in [-0.4, -0.2) is 35.4 Å². The van der Waals surface area contributed by atoms with Gasteiger partial charge in [0.2, 0.25) is 0 Å². The minimum Gasteiger partial charge on any atom is -0.493 e. The van der Waals surface area contributed by atoms with Gasteiger partial charge in [-0.1, -0.05) is 55.9 Å². The molecule has 0 amide bonds. The Morgan fingerprint density at radius 2 is 1.90 bits per heavy atom. The maximum Gasteiger partial charge on any atom is 0.277 e. The third-order valence-electron chi connectivity index (χ3n) is 5.40. The van der Waals surface area contributed by atoms with Crippen molar-refractivity contribution in [3.05, 3.63) is 65.9 Å². The van der Waals surface area contributed by atoms with Crippen molar-refractivity contribution in [3.63, 3.8) is 0 Å². The average Bonchev–Trinajstić information content (AvgIpc) is 3.31. The van der Waals surface area contributed by atoms with Gasteiger partial charge in [0.25, 0.3) is 11.1 Å². The average molecular weight is 436 g/mol. The number of hydrogen-bond donors (Lipinski definition) is 0. The second-order valence-electron chi connectivity index (χ2n) is 7.79. The van der Waals surface area contributed by atoms with Crippen LogP contribution in [0.1, 0.15) is 26.3 Å². The molecular formula is C24H25N3O3S. The molecule has 0 radical (unpaired) electrons. The molecule has 0 bridgehead atoms. The van der Waals surface area contributed by atoms with Gasteiger partial charge in [-0.15, -0.1) is 10.2 Å². The van der Waals surface area contributed by atoms with E-state index in [4.69, 9.17) is 9.15 Å². The lowest BCUT2D eigenvalue weighted by molar-refractivity contribution is -0.112. The Morgan fingerprint density at radius 3 is 2.68 bits per heavy atom. The van der Waals surface area contributed by atoms with Crippen molar-refractivity contribution in [1.29, 1.82) is 0 Å². The fraction of sp³-hybridized carbons (Fsp3) is 0.292. The first-order valence-corrected chi connectivity index (χ1v) is 11.2. The van der Waals surface area contributed by atoms with Crippen molar-refractivity contribution in [2.24, 2.45) is 0 Å². The first kappa shape index (κ1) is 21.2. The third-order valence-corrected chi connectivity index (χ3v) is 6.24. The molecule has 1 aliphatic rings. The summed E-state index contributed by atoms with van der Waals surface area (Å²) < 4.78 is 11.4. The maximum absolute atomic E-state index is 12.7. The molecule has 1 aliphatic heterocycles. The number of ether oxygens (including phenoxy) is 1. The molecule has 2 aromatic carbocycles. The van der Waals surface area contributed by atoms with Gasteiger partial charge in [-0.3, -0.25) is 4.79 Å². The largest absolute Gasteiger partial charge is 0.493 e. The Labute approximate surface area is 186 Å². The van der Waals surface area contributed by atoms with Crippen molar-refractivity contribution < 1.29 is 13.9 Å². The number of carbonyl (C=O) groups is 1. The lowest BCUT2D eigenvalue weighted by Crippen LogP contribution is -2.24. The summed E-state index contributed by atoms with van der Waals surface area (Å²) in [4.78, 5) is 14.8. The number of para-hydroxylation sites is 2. The highest BCUT2D eigenvalue weighted by Crippen LogP contribution is 2.46. The summed E-state index contributed by atoms with van der Waals surface area (Å²) in [6, 6.07) is 15.8. The molecule has 3 aromatic rings. The molecule has 7 heteroatoms. The van der Waals surface area contributed by atoms with Gasteiger partial charge in [-0.2, -0.15) is 0 Å². The predicted octanol–water partition coefficient (Wildman–Crippen LogP) is 5.11. The number of aromatic nitrogens is 2. The van der Waals surface area contributed by atoms with E-state index in [-0.39, 0.29) is 17.0 Å². The lowest BCUT2D eigenvalue weighted by atomic mass is 9.83. The highest BCUT2D eigenvalue weighted by atomic mass is 32.2. The predicted molar refractivity (Wildman–Crippen MR) is 123 cm³/mol. The van der Waals surface area contributed by atoms with Crippen LogP contribution in [0.4, 0.5) is 5.69 Å². The molecule has 0 atom stereocenters. The molecule has 0 aliphatic carbocycles. The number of fused-ring (bicyclic) bond motifs is 1. The molecule has 0 N–H and O–H groups in total. The molecule has 31 heavy (non-hydrogen) atoms. The zero-order chi connectivity index (χ0) is 22.0. The Balaban J connectivity index is 1.46. The third kappa shape index (κ3) is 4.10. The number of benzene rings is 2. The Morgan fingerprint density at radius 1 is 1.16 bits per heavy atom. The molecule has 0 spiro atoms. The number of rotatable bonds is 7. The van der Waals surface area contributed by atoms with Crippen LogP contribution in [0, 0.1) is 0 Å². The summed E-state index contributed by atoms with van der Waals surface area (Å²) in [7, 11) is 2.00. The van der Waals surface area contributed by atoms with Gasteiger partial charge >= 0.3 is 0 Å². The molecule has 160 valence electrons. The van der Waals surface area contributed by atoms with Crippen molar-refractivity contribution >= 4 is 23.2 Å². The first-order valence-electron chi connectivity index (χ1n) is 10.2. The van der Waals surface area contributed by atoms with Gasteiger partial charge in [-0.25, -0.2) is 0 Å². The van der Waals surface area contributed by atoms with E-state index in [2.05, 4.69) is 41.1 Å². The van der Waals surface area contributed by atoms with E-state index < -0.39 is 0 Å². The highest BCUT2D eigenvalue weighted by molar-refractivity contribution is 7.99. The smallest absolute Gasteiger partial charge is 0.277 e. The Hall–Kier alpha value is -3.06. The molecule has 1 aromatic heterocycles. The quantitative estimate of drug-likeness (QED) is 0.377. The van der Waals surface area contributed by atoms with Gasteiger partial charge in [0.1, 0.15) is 5.75 Å². The number of hydrogen-bond acceptors (Lipinski definition) is 7. The summed E-state index contributed by atoms with van der Waals surface area (Å²) in [6.45, 7) is 6.75. The fourth-order valence-electron chi connectivity index (χ4n) is 3.89. The summed E-state index contributed by atoms with van der Waals surface area (Å²) in [6.07, 6.45) is 1.73. The first-order chi connectivity index (χ1) is 14.9. The zero-order valence-electron chi connectivity index (χ0n) is 18.1.